The lowest BCUT2D eigenvalue weighted by molar-refractivity contribution is -0.0324. The standard InChI is InChI=1S/C29H33N10O6PS/c1-3-18-19(10-22(43-18)39-14-35-23-25(30)31-12-33-27(23)39)45-46(41,47)42-11-20-16(2)9-21(44-20)38-15-36-24-26(32-13-34-28(24)38)37-29(40)17-7-5-4-6-8-17/h4-8,12-16,18-22H,3,9-11H2,1-2H3,(H,41,47)(H2,30,31,33)(H,32,34,37,40)/t16-,18+,19-,20+,21+,22+,46?/m0/s1. The minimum Gasteiger partial charge on any atom is -0.382 e. The molecule has 5 aromatic rings. The van der Waals surface area contributed by atoms with Crippen molar-refractivity contribution in [2.45, 2.75) is 63.9 Å². The quantitative estimate of drug-likeness (QED) is 0.180. The van der Waals surface area contributed by atoms with E-state index in [1.54, 1.807) is 46.1 Å². The lowest BCUT2D eigenvalue weighted by atomic mass is 10.0. The predicted octanol–water partition coefficient (Wildman–Crippen LogP) is 3.74. The molecule has 246 valence electrons. The van der Waals surface area contributed by atoms with Gasteiger partial charge in [-0.3, -0.25) is 13.9 Å². The van der Waals surface area contributed by atoms with Crippen molar-refractivity contribution < 1.29 is 28.2 Å². The number of benzene rings is 1. The fourth-order valence-electron chi connectivity index (χ4n) is 5.96. The summed E-state index contributed by atoms with van der Waals surface area (Å²) in [6, 6.07) is 8.85. The second-order valence-electron chi connectivity index (χ2n) is 11.5. The summed E-state index contributed by atoms with van der Waals surface area (Å²) >= 11 is 5.43. The van der Waals surface area contributed by atoms with Crippen LogP contribution in [0.25, 0.3) is 22.3 Å². The van der Waals surface area contributed by atoms with Crippen LogP contribution in [0, 0.1) is 5.92 Å². The number of carbonyl (C=O) groups is 1. The van der Waals surface area contributed by atoms with Crippen LogP contribution in [-0.2, 0) is 30.3 Å². The van der Waals surface area contributed by atoms with Gasteiger partial charge in [0.25, 0.3) is 5.91 Å². The highest BCUT2D eigenvalue weighted by atomic mass is 32.5. The molecule has 0 radical (unpaired) electrons. The van der Waals surface area contributed by atoms with Crippen LogP contribution >= 0.6 is 6.72 Å². The summed E-state index contributed by atoms with van der Waals surface area (Å²) in [7, 11) is 0. The fraction of sp³-hybridized carbons (Fsp3) is 0.414. The van der Waals surface area contributed by atoms with Crippen molar-refractivity contribution in [3.05, 3.63) is 61.2 Å². The maximum atomic E-state index is 12.7. The second-order valence-corrected chi connectivity index (χ2v) is 14.3. The molecule has 0 saturated carbocycles. The molecule has 1 aromatic carbocycles. The van der Waals surface area contributed by atoms with E-state index in [0.29, 0.717) is 53.0 Å². The molecule has 0 spiro atoms. The van der Waals surface area contributed by atoms with Gasteiger partial charge in [-0.1, -0.05) is 32.0 Å². The van der Waals surface area contributed by atoms with E-state index >= 15 is 0 Å². The summed E-state index contributed by atoms with van der Waals surface area (Å²) in [5, 5.41) is 2.82. The Labute approximate surface area is 273 Å². The number of nitrogen functional groups attached to an aromatic ring is 1. The van der Waals surface area contributed by atoms with Crippen LogP contribution in [-0.4, -0.2) is 74.8 Å². The van der Waals surface area contributed by atoms with E-state index in [9.17, 15) is 9.69 Å². The van der Waals surface area contributed by atoms with E-state index < -0.39 is 25.3 Å². The SMILES string of the molecule is CC[C@H]1O[C@@H](n2cnc3c(N)ncnc32)C[C@@H]1OP(O)(=S)OC[C@H]1O[C@@H](n2cnc3c(NC(=O)c4ccccc4)ncnc32)C[C@@H]1C. The molecule has 4 aromatic heterocycles. The summed E-state index contributed by atoms with van der Waals surface area (Å²) in [6.45, 7) is 0.357. The van der Waals surface area contributed by atoms with Gasteiger partial charge in [-0.25, -0.2) is 29.9 Å². The Morgan fingerprint density at radius 3 is 2.40 bits per heavy atom. The number of ether oxygens (including phenoxy) is 2. The van der Waals surface area contributed by atoms with Crippen molar-refractivity contribution in [1.29, 1.82) is 0 Å². The number of nitrogens with zero attached hydrogens (tertiary/aromatic N) is 8. The summed E-state index contributed by atoms with van der Waals surface area (Å²) in [6.07, 6.45) is 5.54. The van der Waals surface area contributed by atoms with Gasteiger partial charge < -0.3 is 34.5 Å². The maximum absolute atomic E-state index is 12.7. The lowest BCUT2D eigenvalue weighted by Gasteiger charge is -2.24. The summed E-state index contributed by atoms with van der Waals surface area (Å²) in [5.74, 6) is 0.333. The van der Waals surface area contributed by atoms with Crippen LogP contribution in [0.2, 0.25) is 0 Å². The first-order valence-corrected chi connectivity index (χ1v) is 17.7. The van der Waals surface area contributed by atoms with Crippen molar-refractivity contribution in [2.75, 3.05) is 17.7 Å². The Bertz CT molecular complexity index is 1960. The smallest absolute Gasteiger partial charge is 0.324 e. The first kappa shape index (κ1) is 31.6. The van der Waals surface area contributed by atoms with Crippen LogP contribution in [0.1, 0.15) is 55.9 Å². The third-order valence-electron chi connectivity index (χ3n) is 8.43. The average molecular weight is 681 g/mol. The zero-order valence-electron chi connectivity index (χ0n) is 25.5. The number of hydrogen-bond donors (Lipinski definition) is 3. The van der Waals surface area contributed by atoms with Crippen LogP contribution in [0.4, 0.5) is 11.6 Å². The average Bonchev–Trinajstić information content (AvgIpc) is 3.85. The molecule has 2 fully saturated rings. The molecule has 2 saturated heterocycles. The number of anilines is 2. The highest BCUT2D eigenvalue weighted by Crippen LogP contribution is 2.50. The molecular formula is C29H33N10O6PS. The van der Waals surface area contributed by atoms with Gasteiger partial charge in [0, 0.05) is 12.0 Å². The van der Waals surface area contributed by atoms with E-state index in [-0.39, 0.29) is 36.5 Å². The van der Waals surface area contributed by atoms with E-state index in [4.69, 9.17) is 36.1 Å². The zero-order chi connectivity index (χ0) is 32.7. The zero-order valence-corrected chi connectivity index (χ0v) is 27.2. The Morgan fingerprint density at radius 1 is 1.00 bits per heavy atom. The van der Waals surface area contributed by atoms with Crippen LogP contribution in [0.5, 0.6) is 0 Å². The number of nitrogens with one attached hydrogen (secondary N) is 1. The number of rotatable bonds is 10. The molecule has 7 atom stereocenters. The Balaban J connectivity index is 0.984. The van der Waals surface area contributed by atoms with E-state index in [2.05, 4.69) is 35.2 Å². The van der Waals surface area contributed by atoms with E-state index in [1.807, 2.05) is 19.9 Å². The molecule has 0 aliphatic carbocycles. The van der Waals surface area contributed by atoms with Gasteiger partial charge in [-0.2, -0.15) is 0 Å². The maximum Gasteiger partial charge on any atom is 0.324 e. The number of amides is 1. The number of carbonyl (C=O) groups excluding carboxylic acids is 1. The first-order chi connectivity index (χ1) is 22.7. The predicted molar refractivity (Wildman–Crippen MR) is 173 cm³/mol. The number of hydrogen-bond acceptors (Lipinski definition) is 13. The first-order valence-electron chi connectivity index (χ1n) is 15.1. The fourth-order valence-corrected chi connectivity index (χ4v) is 7.44. The Hall–Kier alpha value is -3.96. The molecular weight excluding hydrogens is 647 g/mol. The number of fused-ring (bicyclic) bond motifs is 2. The van der Waals surface area contributed by atoms with Gasteiger partial charge in [-0.15, -0.1) is 0 Å². The van der Waals surface area contributed by atoms with Gasteiger partial charge in [0.05, 0.1) is 37.6 Å². The number of aromatic nitrogens is 8. The molecule has 2 aliphatic heterocycles. The molecule has 47 heavy (non-hydrogen) atoms. The van der Waals surface area contributed by atoms with Gasteiger partial charge in [0.1, 0.15) is 30.6 Å². The molecule has 16 nitrogen and oxygen atoms in total. The molecule has 4 N–H and O–H groups in total. The van der Waals surface area contributed by atoms with Gasteiger partial charge in [-0.05, 0) is 42.7 Å². The molecule has 1 amide bonds. The van der Waals surface area contributed by atoms with Crippen molar-refractivity contribution in [3.8, 4) is 0 Å². The Kier molecular flexibility index (Phi) is 8.69. The largest absolute Gasteiger partial charge is 0.382 e. The molecule has 2 aliphatic rings. The molecule has 7 rings (SSSR count). The van der Waals surface area contributed by atoms with Crippen molar-refractivity contribution in [2.24, 2.45) is 5.92 Å². The Morgan fingerprint density at radius 2 is 1.66 bits per heavy atom. The monoisotopic (exact) mass is 680 g/mol. The van der Waals surface area contributed by atoms with Gasteiger partial charge in [0.15, 0.2) is 28.4 Å². The van der Waals surface area contributed by atoms with Crippen molar-refractivity contribution in [1.82, 2.24) is 39.0 Å². The molecule has 6 heterocycles. The lowest BCUT2D eigenvalue weighted by Crippen LogP contribution is -2.25. The third kappa shape index (κ3) is 6.35. The number of nitrogens with two attached hydrogens (primary N) is 1. The van der Waals surface area contributed by atoms with Crippen molar-refractivity contribution >= 4 is 58.4 Å². The highest BCUT2D eigenvalue weighted by Gasteiger charge is 2.41. The normalized spacial score (nSPS) is 25.8. The topological polar surface area (TPSA) is 199 Å². The third-order valence-corrected chi connectivity index (χ3v) is 10.0. The van der Waals surface area contributed by atoms with E-state index in [0.717, 1.165) is 0 Å². The molecule has 18 heteroatoms. The minimum absolute atomic E-state index is 0.0294. The van der Waals surface area contributed by atoms with Gasteiger partial charge >= 0.3 is 6.72 Å². The minimum atomic E-state index is -3.67. The summed E-state index contributed by atoms with van der Waals surface area (Å²) < 4.78 is 28.0. The molecule has 0 bridgehead atoms. The van der Waals surface area contributed by atoms with Gasteiger partial charge in [0.2, 0.25) is 0 Å². The number of imidazole rings is 2. The summed E-state index contributed by atoms with van der Waals surface area (Å²) in [5.41, 5.74) is 8.43. The second kappa shape index (κ2) is 12.9. The van der Waals surface area contributed by atoms with Crippen molar-refractivity contribution in [3.63, 3.8) is 0 Å². The van der Waals surface area contributed by atoms with E-state index in [1.165, 1.54) is 12.7 Å². The van der Waals surface area contributed by atoms with Crippen LogP contribution in [0.3, 0.4) is 0 Å². The summed E-state index contributed by atoms with van der Waals surface area (Å²) in [4.78, 5) is 49.5. The van der Waals surface area contributed by atoms with Crippen LogP contribution < -0.4 is 11.1 Å². The molecule has 1 unspecified atom stereocenters. The highest BCUT2D eigenvalue weighted by molar-refractivity contribution is 8.07. The van der Waals surface area contributed by atoms with Crippen LogP contribution in [0.15, 0.2) is 55.6 Å².